The number of carboxylic acids is 1. The Morgan fingerprint density at radius 3 is 2.09 bits per heavy atom. The zero-order chi connectivity index (χ0) is 24.6. The average Bonchev–Trinajstić information content (AvgIpc) is 2.89. The van der Waals surface area contributed by atoms with Gasteiger partial charge in [-0.2, -0.15) is 0 Å². The van der Waals surface area contributed by atoms with E-state index >= 15 is 0 Å². The van der Waals surface area contributed by atoms with Gasteiger partial charge in [0.05, 0.1) is 5.56 Å². The lowest BCUT2D eigenvalue weighted by Gasteiger charge is -2.23. The van der Waals surface area contributed by atoms with Crippen LogP contribution in [-0.2, 0) is 13.0 Å². The van der Waals surface area contributed by atoms with Crippen LogP contribution >= 0.6 is 0 Å². The fourth-order valence-electron chi connectivity index (χ4n) is 4.08. The van der Waals surface area contributed by atoms with Crippen molar-refractivity contribution in [3.63, 3.8) is 0 Å². The molecule has 4 nitrogen and oxygen atoms in total. The molecule has 0 bridgehead atoms. The number of nitrogens with zero attached hydrogens (tertiary/aromatic N) is 1. The third-order valence-electron chi connectivity index (χ3n) is 5.91. The Balaban J connectivity index is 1.52. The van der Waals surface area contributed by atoms with Crippen molar-refractivity contribution in [1.82, 2.24) is 4.90 Å². The Labute approximate surface area is 204 Å². The van der Waals surface area contributed by atoms with Crippen LogP contribution in [0.25, 0.3) is 11.1 Å². The molecule has 0 aliphatic rings. The normalized spacial score (nSPS) is 10.7. The van der Waals surface area contributed by atoms with E-state index < -0.39 is 5.97 Å². The number of rotatable bonds is 9. The molecule has 0 heterocycles. The summed E-state index contributed by atoms with van der Waals surface area (Å²) in [6.07, 6.45) is 1.64. The SMILES string of the molecule is O=C(O)c1ccccc1-c1ccc(CN(CCCc2ccccc2)C(=O)c2ccc(F)cc2)cc1. The molecule has 0 aliphatic carbocycles. The monoisotopic (exact) mass is 467 g/mol. The summed E-state index contributed by atoms with van der Waals surface area (Å²) in [5, 5.41) is 9.48. The van der Waals surface area contributed by atoms with E-state index in [9.17, 15) is 19.1 Å². The van der Waals surface area contributed by atoms with E-state index in [0.717, 1.165) is 24.0 Å². The van der Waals surface area contributed by atoms with Crippen LogP contribution in [0.5, 0.6) is 0 Å². The Kier molecular flexibility index (Phi) is 7.68. The second-order valence-electron chi connectivity index (χ2n) is 8.37. The first-order chi connectivity index (χ1) is 17.0. The first-order valence-electron chi connectivity index (χ1n) is 11.5. The molecular weight excluding hydrogens is 441 g/mol. The second kappa shape index (κ2) is 11.3. The van der Waals surface area contributed by atoms with Gasteiger partial charge in [-0.1, -0.05) is 72.8 Å². The van der Waals surface area contributed by atoms with E-state index in [1.807, 2.05) is 48.5 Å². The third kappa shape index (κ3) is 6.21. The standard InChI is InChI=1S/C30H26FNO3/c31-26-18-16-25(17-19-26)29(33)32(20-6-9-22-7-2-1-3-8-22)21-23-12-14-24(15-13-23)27-10-4-5-11-28(27)30(34)35/h1-5,7-8,10-19H,6,9,20-21H2,(H,34,35). The van der Waals surface area contributed by atoms with E-state index in [2.05, 4.69) is 12.1 Å². The lowest BCUT2D eigenvalue weighted by atomic mass is 9.98. The summed E-state index contributed by atoms with van der Waals surface area (Å²) in [4.78, 5) is 26.6. The largest absolute Gasteiger partial charge is 0.478 e. The summed E-state index contributed by atoms with van der Waals surface area (Å²) in [6.45, 7) is 0.945. The van der Waals surface area contributed by atoms with Crippen LogP contribution in [-0.4, -0.2) is 28.4 Å². The van der Waals surface area contributed by atoms with Crippen LogP contribution in [0.4, 0.5) is 4.39 Å². The molecule has 0 saturated heterocycles. The molecule has 4 aromatic carbocycles. The zero-order valence-electron chi connectivity index (χ0n) is 19.2. The van der Waals surface area contributed by atoms with Crippen LogP contribution in [0.2, 0.25) is 0 Å². The van der Waals surface area contributed by atoms with Gasteiger partial charge in [-0.3, -0.25) is 4.79 Å². The van der Waals surface area contributed by atoms with E-state index in [4.69, 9.17) is 0 Å². The fraction of sp³-hybridized carbons (Fsp3) is 0.133. The number of hydrogen-bond donors (Lipinski definition) is 1. The Bertz CT molecular complexity index is 1290. The number of carbonyl (C=O) groups excluding carboxylic acids is 1. The number of carboxylic acid groups (broad SMARTS) is 1. The zero-order valence-corrected chi connectivity index (χ0v) is 19.2. The molecule has 35 heavy (non-hydrogen) atoms. The van der Waals surface area contributed by atoms with Crippen LogP contribution in [0, 0.1) is 5.82 Å². The van der Waals surface area contributed by atoms with Crippen molar-refractivity contribution in [3.05, 3.63) is 131 Å². The molecule has 5 heteroatoms. The highest BCUT2D eigenvalue weighted by atomic mass is 19.1. The van der Waals surface area contributed by atoms with Gasteiger partial charge in [0.1, 0.15) is 5.82 Å². The molecule has 0 unspecified atom stereocenters. The first-order valence-corrected chi connectivity index (χ1v) is 11.5. The molecular formula is C30H26FNO3. The highest BCUT2D eigenvalue weighted by molar-refractivity contribution is 5.96. The quantitative estimate of drug-likeness (QED) is 0.307. The maximum absolute atomic E-state index is 13.4. The molecule has 0 spiro atoms. The lowest BCUT2D eigenvalue weighted by Crippen LogP contribution is -2.31. The van der Waals surface area contributed by atoms with Gasteiger partial charge in [0, 0.05) is 18.7 Å². The summed E-state index contributed by atoms with van der Waals surface area (Å²) >= 11 is 0. The Morgan fingerprint density at radius 1 is 0.743 bits per heavy atom. The molecule has 1 amide bonds. The Hall–Kier alpha value is -4.25. The summed E-state index contributed by atoms with van der Waals surface area (Å²) in [6, 6.07) is 30.2. The minimum atomic E-state index is -0.973. The van der Waals surface area contributed by atoms with E-state index in [1.165, 1.54) is 29.8 Å². The lowest BCUT2D eigenvalue weighted by molar-refractivity contribution is 0.0696. The van der Waals surface area contributed by atoms with Crippen molar-refractivity contribution in [1.29, 1.82) is 0 Å². The minimum absolute atomic E-state index is 0.154. The van der Waals surface area contributed by atoms with Crippen LogP contribution in [0.15, 0.2) is 103 Å². The highest BCUT2D eigenvalue weighted by Crippen LogP contribution is 2.25. The molecule has 0 radical (unpaired) electrons. The molecule has 0 saturated carbocycles. The molecule has 0 atom stereocenters. The number of halogens is 1. The summed E-state index contributed by atoms with van der Waals surface area (Å²) in [5.41, 5.74) is 4.27. The molecule has 176 valence electrons. The molecule has 4 rings (SSSR count). The molecule has 0 aromatic heterocycles. The average molecular weight is 468 g/mol. The molecule has 0 aliphatic heterocycles. The van der Waals surface area contributed by atoms with Crippen LogP contribution < -0.4 is 0 Å². The van der Waals surface area contributed by atoms with E-state index in [1.54, 1.807) is 23.1 Å². The number of aromatic carboxylic acids is 1. The maximum Gasteiger partial charge on any atom is 0.336 e. The second-order valence-corrected chi connectivity index (χ2v) is 8.37. The maximum atomic E-state index is 13.4. The van der Waals surface area contributed by atoms with Crippen molar-refractivity contribution in [2.45, 2.75) is 19.4 Å². The van der Waals surface area contributed by atoms with Crippen molar-refractivity contribution in [2.75, 3.05) is 6.54 Å². The molecule has 4 aromatic rings. The topological polar surface area (TPSA) is 57.6 Å². The van der Waals surface area contributed by atoms with Crippen molar-refractivity contribution in [2.24, 2.45) is 0 Å². The van der Waals surface area contributed by atoms with Gasteiger partial charge in [0.15, 0.2) is 0 Å². The van der Waals surface area contributed by atoms with Gasteiger partial charge in [0.2, 0.25) is 0 Å². The van der Waals surface area contributed by atoms with Crippen molar-refractivity contribution < 1.29 is 19.1 Å². The first kappa shape index (κ1) is 23.9. The van der Waals surface area contributed by atoms with E-state index in [-0.39, 0.29) is 17.3 Å². The number of benzene rings is 4. The summed E-state index contributed by atoms with van der Waals surface area (Å²) in [5.74, 6) is -1.51. The third-order valence-corrected chi connectivity index (χ3v) is 5.91. The van der Waals surface area contributed by atoms with Crippen molar-refractivity contribution in [3.8, 4) is 11.1 Å². The minimum Gasteiger partial charge on any atom is -0.478 e. The van der Waals surface area contributed by atoms with Crippen molar-refractivity contribution >= 4 is 11.9 Å². The fourth-order valence-corrected chi connectivity index (χ4v) is 4.08. The Morgan fingerprint density at radius 2 is 1.40 bits per heavy atom. The van der Waals surface area contributed by atoms with Gasteiger partial charge < -0.3 is 10.0 Å². The number of hydrogen-bond acceptors (Lipinski definition) is 2. The summed E-state index contributed by atoms with van der Waals surface area (Å²) in [7, 11) is 0. The number of carbonyl (C=O) groups is 2. The predicted molar refractivity (Wildman–Crippen MR) is 135 cm³/mol. The smallest absolute Gasteiger partial charge is 0.336 e. The van der Waals surface area contributed by atoms with Gasteiger partial charge in [-0.05, 0) is 65.4 Å². The summed E-state index contributed by atoms with van der Waals surface area (Å²) < 4.78 is 13.4. The van der Waals surface area contributed by atoms with Gasteiger partial charge in [-0.15, -0.1) is 0 Å². The highest BCUT2D eigenvalue weighted by Gasteiger charge is 2.17. The predicted octanol–water partition coefficient (Wildman–Crippen LogP) is 6.47. The molecule has 1 N–H and O–H groups in total. The van der Waals surface area contributed by atoms with Crippen LogP contribution in [0.1, 0.15) is 38.3 Å². The van der Waals surface area contributed by atoms with Gasteiger partial charge in [0.25, 0.3) is 5.91 Å². The number of aryl methyl sites for hydroxylation is 1. The van der Waals surface area contributed by atoms with E-state index in [0.29, 0.717) is 24.2 Å². The van der Waals surface area contributed by atoms with Gasteiger partial charge in [-0.25, -0.2) is 9.18 Å². The van der Waals surface area contributed by atoms with Crippen LogP contribution in [0.3, 0.4) is 0 Å². The molecule has 0 fully saturated rings. The number of amides is 1. The van der Waals surface area contributed by atoms with Gasteiger partial charge >= 0.3 is 5.97 Å².